The second kappa shape index (κ2) is 7.09. The summed E-state index contributed by atoms with van der Waals surface area (Å²) in [4.78, 5) is 0. The van der Waals surface area contributed by atoms with E-state index in [1.165, 1.54) is 25.6 Å². The van der Waals surface area contributed by atoms with Gasteiger partial charge in [-0.1, -0.05) is 52.2 Å². The first-order chi connectivity index (χ1) is 5.26. The minimum absolute atomic E-state index is 0.903. The summed E-state index contributed by atoms with van der Waals surface area (Å²) < 4.78 is 0. The first-order valence-corrected chi connectivity index (χ1v) is 6.07. The minimum atomic E-state index is 0.903. The minimum Gasteiger partial charge on any atom is -0.213 e. The highest BCUT2D eigenvalue weighted by Gasteiger charge is 2.18. The lowest BCUT2D eigenvalue weighted by Crippen LogP contribution is -2.13. The van der Waals surface area contributed by atoms with E-state index in [0.29, 0.717) is 0 Å². The van der Waals surface area contributed by atoms with E-state index >= 15 is 0 Å². The van der Waals surface area contributed by atoms with E-state index in [1.807, 2.05) is 11.6 Å². The average molecular weight is 172 g/mol. The van der Waals surface area contributed by atoms with Crippen LogP contribution in [0, 0.1) is 0 Å². The average Bonchev–Trinajstić information content (AvgIpc) is 2.00. The molecule has 0 aromatic rings. The van der Waals surface area contributed by atoms with Gasteiger partial charge in [0.2, 0.25) is 5.99 Å². The molecule has 0 saturated carbocycles. The van der Waals surface area contributed by atoms with Gasteiger partial charge in [-0.25, -0.2) is 11.6 Å². The van der Waals surface area contributed by atoms with E-state index in [-0.39, 0.29) is 0 Å². The zero-order chi connectivity index (χ0) is 8.69. The van der Waals surface area contributed by atoms with Gasteiger partial charge in [-0.2, -0.15) is 0 Å². The number of hydrogen-bond donors (Lipinski definition) is 0. The molecule has 0 aromatic heterocycles. The third-order valence-corrected chi connectivity index (χ3v) is 3.56. The molecule has 2 heteroatoms. The predicted molar refractivity (Wildman–Crippen MR) is 58.7 cm³/mol. The van der Waals surface area contributed by atoms with Crippen LogP contribution in [0.3, 0.4) is 0 Å². The summed E-state index contributed by atoms with van der Waals surface area (Å²) in [5.74, 6) is 1.81. The summed E-state index contributed by atoms with van der Waals surface area (Å²) >= 11 is 2.04. The Morgan fingerprint density at radius 1 is 1.27 bits per heavy atom. The smallest absolute Gasteiger partial charge is 0.212 e. The van der Waals surface area contributed by atoms with Crippen molar-refractivity contribution in [2.24, 2.45) is 0 Å². The Hall–Kier alpha value is 0.415. The maximum Gasteiger partial charge on any atom is 0.212 e. The van der Waals surface area contributed by atoms with Crippen LogP contribution in [-0.4, -0.2) is 12.2 Å². The normalized spacial score (nSPS) is 13.1. The second-order valence-electron chi connectivity index (χ2n) is 3.33. The van der Waals surface area contributed by atoms with Crippen LogP contribution in [0.2, 0.25) is 12.1 Å². The quantitative estimate of drug-likeness (QED) is 0.547. The van der Waals surface area contributed by atoms with Crippen molar-refractivity contribution in [3.8, 4) is 0 Å². The Morgan fingerprint density at radius 2 is 1.91 bits per heavy atom. The Kier molecular flexibility index (Phi) is 7.35. The standard InChI is InChI=1S/C9H21BS/c1-5-7-9(3)10(11-4)8-6-2/h9H,5-8H2,1-4H3. The van der Waals surface area contributed by atoms with Crippen LogP contribution < -0.4 is 0 Å². The SMILES string of the molecule is CCCB(SC)C(C)CCC. The first kappa shape index (κ1) is 11.4. The van der Waals surface area contributed by atoms with E-state index in [0.717, 1.165) is 11.8 Å². The summed E-state index contributed by atoms with van der Waals surface area (Å²) in [6.07, 6.45) is 7.70. The molecule has 0 radical (unpaired) electrons. The van der Waals surface area contributed by atoms with Crippen molar-refractivity contribution in [1.82, 2.24) is 0 Å². The largest absolute Gasteiger partial charge is 0.213 e. The molecule has 1 atom stereocenters. The van der Waals surface area contributed by atoms with Crippen molar-refractivity contribution in [3.05, 3.63) is 0 Å². The van der Waals surface area contributed by atoms with E-state index in [2.05, 4.69) is 27.0 Å². The van der Waals surface area contributed by atoms with E-state index < -0.39 is 0 Å². The zero-order valence-corrected chi connectivity index (χ0v) is 9.21. The molecule has 11 heavy (non-hydrogen) atoms. The van der Waals surface area contributed by atoms with Gasteiger partial charge >= 0.3 is 0 Å². The van der Waals surface area contributed by atoms with Gasteiger partial charge in [0.25, 0.3) is 0 Å². The Bertz CT molecular complexity index is 85.6. The van der Waals surface area contributed by atoms with Crippen molar-refractivity contribution >= 4 is 17.6 Å². The summed E-state index contributed by atoms with van der Waals surface area (Å²) in [5, 5.41) is 0. The van der Waals surface area contributed by atoms with Crippen LogP contribution in [0.5, 0.6) is 0 Å². The van der Waals surface area contributed by atoms with Crippen molar-refractivity contribution in [2.45, 2.75) is 52.2 Å². The fourth-order valence-corrected chi connectivity index (χ4v) is 2.63. The molecule has 1 unspecified atom stereocenters. The van der Waals surface area contributed by atoms with Crippen molar-refractivity contribution in [2.75, 3.05) is 6.26 Å². The van der Waals surface area contributed by atoms with Gasteiger partial charge in [0, 0.05) is 0 Å². The first-order valence-electron chi connectivity index (χ1n) is 4.79. The summed E-state index contributed by atoms with van der Waals surface area (Å²) in [6.45, 7) is 6.95. The molecule has 0 rings (SSSR count). The fourth-order valence-electron chi connectivity index (χ4n) is 1.56. The van der Waals surface area contributed by atoms with Crippen LogP contribution in [0.1, 0.15) is 40.0 Å². The molecular formula is C9H21BS. The molecule has 0 aromatic carbocycles. The molecule has 0 aliphatic carbocycles. The highest BCUT2D eigenvalue weighted by Crippen LogP contribution is 2.26. The van der Waals surface area contributed by atoms with Crippen molar-refractivity contribution < 1.29 is 0 Å². The Labute approximate surface area is 76.5 Å². The lowest BCUT2D eigenvalue weighted by Gasteiger charge is -2.17. The maximum atomic E-state index is 2.39. The molecule has 0 saturated heterocycles. The molecule has 0 amide bonds. The van der Waals surface area contributed by atoms with Crippen molar-refractivity contribution in [1.29, 1.82) is 0 Å². The molecule has 0 heterocycles. The topological polar surface area (TPSA) is 0 Å². The van der Waals surface area contributed by atoms with Gasteiger partial charge < -0.3 is 0 Å². The number of hydrogen-bond acceptors (Lipinski definition) is 1. The second-order valence-corrected chi connectivity index (χ2v) is 4.41. The molecular weight excluding hydrogens is 151 g/mol. The Balaban J connectivity index is 3.61. The molecule has 0 nitrogen and oxygen atoms in total. The van der Waals surface area contributed by atoms with Gasteiger partial charge in [-0.15, -0.1) is 0 Å². The number of rotatable bonds is 6. The Morgan fingerprint density at radius 3 is 2.27 bits per heavy atom. The van der Waals surface area contributed by atoms with Crippen LogP contribution in [0.4, 0.5) is 0 Å². The molecule has 0 bridgehead atoms. The highest BCUT2D eigenvalue weighted by atomic mass is 32.2. The van der Waals surface area contributed by atoms with Gasteiger partial charge in [0.1, 0.15) is 0 Å². The lowest BCUT2D eigenvalue weighted by molar-refractivity contribution is 0.755. The van der Waals surface area contributed by atoms with Gasteiger partial charge in [-0.05, 0) is 6.26 Å². The predicted octanol–water partition coefficient (Wildman–Crippen LogP) is 3.94. The molecule has 0 aliphatic heterocycles. The van der Waals surface area contributed by atoms with Crippen LogP contribution >= 0.6 is 11.6 Å². The molecule has 0 fully saturated rings. The van der Waals surface area contributed by atoms with Gasteiger partial charge in [0.15, 0.2) is 0 Å². The van der Waals surface area contributed by atoms with Gasteiger partial charge in [0.05, 0.1) is 0 Å². The highest BCUT2D eigenvalue weighted by molar-refractivity contribution is 8.25. The molecule has 0 spiro atoms. The summed E-state index contributed by atoms with van der Waals surface area (Å²) in [6, 6.07) is 0. The maximum absolute atomic E-state index is 2.39. The van der Waals surface area contributed by atoms with Gasteiger partial charge in [-0.3, -0.25) is 0 Å². The third kappa shape index (κ3) is 4.78. The summed E-state index contributed by atoms with van der Waals surface area (Å²) in [5.41, 5.74) is 0. The van der Waals surface area contributed by atoms with Crippen LogP contribution in [0.25, 0.3) is 0 Å². The monoisotopic (exact) mass is 172 g/mol. The lowest BCUT2D eigenvalue weighted by atomic mass is 9.58. The molecule has 66 valence electrons. The van der Waals surface area contributed by atoms with E-state index in [9.17, 15) is 0 Å². The summed E-state index contributed by atoms with van der Waals surface area (Å²) in [7, 11) is 0. The van der Waals surface area contributed by atoms with Crippen LogP contribution in [0.15, 0.2) is 0 Å². The molecule has 0 aliphatic rings. The van der Waals surface area contributed by atoms with Crippen LogP contribution in [-0.2, 0) is 0 Å². The zero-order valence-electron chi connectivity index (χ0n) is 8.39. The fraction of sp³-hybridized carbons (Fsp3) is 1.00. The van der Waals surface area contributed by atoms with E-state index in [1.54, 1.807) is 0 Å². The third-order valence-electron chi connectivity index (χ3n) is 2.25. The van der Waals surface area contributed by atoms with Crippen molar-refractivity contribution in [3.63, 3.8) is 0 Å². The van der Waals surface area contributed by atoms with E-state index in [4.69, 9.17) is 0 Å². The molecule has 0 N–H and O–H groups in total.